The first-order valence-corrected chi connectivity index (χ1v) is 7.99. The Labute approximate surface area is 143 Å². The fraction of sp³-hybridized carbons (Fsp3) is 0.0769. The Morgan fingerprint density at radius 2 is 2.00 bits per heavy atom. The van der Waals surface area contributed by atoms with E-state index in [2.05, 4.69) is 21.2 Å². The normalized spacial score (nSPS) is 10.2. The van der Waals surface area contributed by atoms with Crippen LogP contribution in [-0.4, -0.2) is 18.5 Å². The Morgan fingerprint density at radius 3 is 2.62 bits per heavy atom. The molecule has 0 spiro atoms. The van der Waals surface area contributed by atoms with Gasteiger partial charge >= 0.3 is 5.97 Å². The molecule has 8 heteroatoms. The summed E-state index contributed by atoms with van der Waals surface area (Å²) in [7, 11) is 0. The fourth-order valence-corrected chi connectivity index (χ4v) is 3.14. The van der Waals surface area contributed by atoms with Gasteiger partial charge in [-0.25, -0.2) is 4.79 Å². The molecule has 1 aromatic heterocycles. The highest BCUT2D eigenvalue weighted by atomic mass is 79.9. The van der Waals surface area contributed by atoms with E-state index in [1.807, 2.05) is 0 Å². The lowest BCUT2D eigenvalue weighted by Crippen LogP contribution is -2.20. The average molecular weight is 409 g/mol. The highest BCUT2D eigenvalue weighted by Crippen LogP contribution is 2.25. The van der Waals surface area contributed by atoms with Gasteiger partial charge in [0.25, 0.3) is 5.91 Å². The van der Waals surface area contributed by atoms with Crippen molar-refractivity contribution >= 4 is 68.0 Å². The van der Waals surface area contributed by atoms with Crippen molar-refractivity contribution in [2.75, 3.05) is 11.9 Å². The average Bonchev–Trinajstić information content (AvgIpc) is 2.86. The number of thiophene rings is 1. The summed E-state index contributed by atoms with van der Waals surface area (Å²) in [5, 5.41) is 3.31. The number of anilines is 1. The third-order valence-corrected chi connectivity index (χ3v) is 4.47. The predicted octanol–water partition coefficient (Wildman–Crippen LogP) is 4.61. The first kappa shape index (κ1) is 16.3. The molecule has 1 N–H and O–H groups in total. The molecule has 2 aromatic rings. The molecule has 110 valence electrons. The van der Waals surface area contributed by atoms with E-state index in [9.17, 15) is 9.59 Å². The van der Waals surface area contributed by atoms with E-state index in [1.165, 1.54) is 17.4 Å². The molecule has 1 aromatic carbocycles. The second-order valence-corrected chi connectivity index (χ2v) is 7.16. The van der Waals surface area contributed by atoms with E-state index in [-0.39, 0.29) is 0 Å². The number of halogens is 3. The zero-order chi connectivity index (χ0) is 15.4. The molecule has 0 aliphatic rings. The number of hydrogen-bond donors (Lipinski definition) is 1. The van der Waals surface area contributed by atoms with Gasteiger partial charge in [-0.2, -0.15) is 0 Å². The van der Waals surface area contributed by atoms with Crippen molar-refractivity contribution in [1.29, 1.82) is 0 Å². The molecule has 0 radical (unpaired) electrons. The molecule has 0 unspecified atom stereocenters. The number of nitrogens with one attached hydrogen (secondary N) is 1. The molecule has 0 aliphatic heterocycles. The molecule has 0 atom stereocenters. The lowest BCUT2D eigenvalue weighted by molar-refractivity contribution is -0.119. The summed E-state index contributed by atoms with van der Waals surface area (Å²) in [6, 6.07) is 8.02. The van der Waals surface area contributed by atoms with Crippen LogP contribution in [0.4, 0.5) is 5.69 Å². The number of hydrogen-bond acceptors (Lipinski definition) is 4. The van der Waals surface area contributed by atoms with Gasteiger partial charge in [-0.15, -0.1) is 11.3 Å². The van der Waals surface area contributed by atoms with E-state index in [0.29, 0.717) is 20.6 Å². The summed E-state index contributed by atoms with van der Waals surface area (Å²) in [6.07, 6.45) is 0. The molecule has 4 nitrogen and oxygen atoms in total. The first-order chi connectivity index (χ1) is 9.95. The minimum absolute atomic E-state index is 0.310. The van der Waals surface area contributed by atoms with Crippen molar-refractivity contribution < 1.29 is 14.3 Å². The minimum Gasteiger partial charge on any atom is -0.451 e. The van der Waals surface area contributed by atoms with E-state index >= 15 is 0 Å². The molecular formula is C13H8BrCl2NO3S. The molecular weight excluding hydrogens is 401 g/mol. The summed E-state index contributed by atoms with van der Waals surface area (Å²) in [5.74, 6) is -1.04. The van der Waals surface area contributed by atoms with Crippen LogP contribution in [0.5, 0.6) is 0 Å². The van der Waals surface area contributed by atoms with Gasteiger partial charge in [0, 0.05) is 5.02 Å². The number of esters is 1. The molecule has 0 aliphatic carbocycles. The molecule has 1 amide bonds. The minimum atomic E-state index is -0.553. The maximum absolute atomic E-state index is 11.7. The maximum Gasteiger partial charge on any atom is 0.348 e. The van der Waals surface area contributed by atoms with Gasteiger partial charge in [-0.1, -0.05) is 23.2 Å². The highest BCUT2D eigenvalue weighted by Gasteiger charge is 2.13. The monoisotopic (exact) mass is 407 g/mol. The van der Waals surface area contributed by atoms with Crippen LogP contribution in [-0.2, 0) is 9.53 Å². The van der Waals surface area contributed by atoms with Gasteiger partial charge in [0.15, 0.2) is 6.61 Å². The van der Waals surface area contributed by atoms with Crippen molar-refractivity contribution in [2.24, 2.45) is 0 Å². The topological polar surface area (TPSA) is 55.4 Å². The second kappa shape index (κ2) is 7.26. The summed E-state index contributed by atoms with van der Waals surface area (Å²) in [5.41, 5.74) is 0.404. The number of amides is 1. The quantitative estimate of drug-likeness (QED) is 0.751. The predicted molar refractivity (Wildman–Crippen MR) is 87.4 cm³/mol. The van der Waals surface area contributed by atoms with Crippen LogP contribution < -0.4 is 5.32 Å². The summed E-state index contributed by atoms with van der Waals surface area (Å²) in [4.78, 5) is 23.8. The second-order valence-electron chi connectivity index (χ2n) is 3.85. The number of ether oxygens (including phenoxy) is 1. The van der Waals surface area contributed by atoms with E-state index < -0.39 is 18.5 Å². The van der Waals surface area contributed by atoms with Crippen molar-refractivity contribution in [3.8, 4) is 0 Å². The molecule has 0 bridgehead atoms. The zero-order valence-corrected chi connectivity index (χ0v) is 14.3. The smallest absolute Gasteiger partial charge is 0.348 e. The van der Waals surface area contributed by atoms with Crippen LogP contribution in [0.25, 0.3) is 0 Å². The van der Waals surface area contributed by atoms with Crippen molar-refractivity contribution in [3.63, 3.8) is 0 Å². The molecule has 2 rings (SSSR count). The van der Waals surface area contributed by atoms with Crippen LogP contribution in [0.2, 0.25) is 10.0 Å². The van der Waals surface area contributed by atoms with E-state index in [4.69, 9.17) is 27.9 Å². The molecule has 1 heterocycles. The van der Waals surface area contributed by atoms with Gasteiger partial charge in [0.1, 0.15) is 4.88 Å². The Morgan fingerprint density at radius 1 is 1.24 bits per heavy atom. The van der Waals surface area contributed by atoms with Gasteiger partial charge < -0.3 is 10.1 Å². The number of carbonyl (C=O) groups is 2. The maximum atomic E-state index is 11.7. The highest BCUT2D eigenvalue weighted by molar-refractivity contribution is 9.11. The van der Waals surface area contributed by atoms with Crippen molar-refractivity contribution in [1.82, 2.24) is 0 Å². The lowest BCUT2D eigenvalue weighted by atomic mass is 10.3. The van der Waals surface area contributed by atoms with Crippen LogP contribution in [0.15, 0.2) is 34.1 Å². The third kappa shape index (κ3) is 4.71. The van der Waals surface area contributed by atoms with Crippen LogP contribution in [0, 0.1) is 0 Å². The van der Waals surface area contributed by atoms with Crippen molar-refractivity contribution in [3.05, 3.63) is 49.0 Å². The Balaban J connectivity index is 1.89. The van der Waals surface area contributed by atoms with Crippen LogP contribution >= 0.6 is 50.5 Å². The lowest BCUT2D eigenvalue weighted by Gasteiger charge is -2.07. The number of benzene rings is 1. The summed E-state index contributed by atoms with van der Waals surface area (Å²) in [6.45, 7) is -0.396. The molecule has 0 saturated carbocycles. The molecule has 0 fully saturated rings. The fourth-order valence-electron chi connectivity index (χ4n) is 1.40. The van der Waals surface area contributed by atoms with Crippen molar-refractivity contribution in [2.45, 2.75) is 0 Å². The van der Waals surface area contributed by atoms with Gasteiger partial charge in [0.2, 0.25) is 0 Å². The van der Waals surface area contributed by atoms with Gasteiger partial charge in [-0.05, 0) is 46.3 Å². The molecule has 0 saturated heterocycles. The van der Waals surface area contributed by atoms with Gasteiger partial charge in [0.05, 0.1) is 14.5 Å². The van der Waals surface area contributed by atoms with E-state index in [1.54, 1.807) is 24.3 Å². The van der Waals surface area contributed by atoms with Crippen LogP contribution in [0.3, 0.4) is 0 Å². The SMILES string of the molecule is O=C(COC(=O)c1ccc(Br)s1)Nc1ccc(Cl)cc1Cl. The Kier molecular flexibility index (Phi) is 5.64. The van der Waals surface area contributed by atoms with E-state index in [0.717, 1.165) is 3.79 Å². The summed E-state index contributed by atoms with van der Waals surface area (Å²) >= 11 is 16.2. The zero-order valence-electron chi connectivity index (χ0n) is 10.4. The third-order valence-electron chi connectivity index (χ3n) is 2.31. The Bertz CT molecular complexity index is 690. The van der Waals surface area contributed by atoms with Crippen LogP contribution in [0.1, 0.15) is 9.67 Å². The Hall–Kier alpha value is -1.08. The standard InChI is InChI=1S/C13H8BrCl2NO3S/c14-11-4-3-10(21-11)13(19)20-6-12(18)17-9-2-1-7(15)5-8(9)16/h1-5H,6H2,(H,17,18). The number of rotatable bonds is 4. The summed E-state index contributed by atoms with van der Waals surface area (Å²) < 4.78 is 5.72. The first-order valence-electron chi connectivity index (χ1n) is 5.63. The largest absolute Gasteiger partial charge is 0.451 e. The van der Waals surface area contributed by atoms with Gasteiger partial charge in [-0.3, -0.25) is 4.79 Å². The number of carbonyl (C=O) groups excluding carboxylic acids is 2. The molecule has 21 heavy (non-hydrogen) atoms.